The van der Waals surface area contributed by atoms with Gasteiger partial charge in [-0.3, -0.25) is 9.59 Å². The van der Waals surface area contributed by atoms with Crippen molar-refractivity contribution < 1.29 is 28.6 Å². The number of aliphatic hydroxyl groups is 1. The van der Waals surface area contributed by atoms with Crippen molar-refractivity contribution in [1.82, 2.24) is 4.90 Å². The summed E-state index contributed by atoms with van der Waals surface area (Å²) in [7, 11) is 3.04. The second-order valence-corrected chi connectivity index (χ2v) is 7.26. The van der Waals surface area contributed by atoms with Crippen LogP contribution < -0.4 is 9.47 Å². The normalized spacial score (nSPS) is 16.3. The number of amides is 1. The minimum absolute atomic E-state index is 0.00951. The molecule has 1 amide bonds. The van der Waals surface area contributed by atoms with Gasteiger partial charge in [0.05, 0.1) is 25.8 Å². The van der Waals surface area contributed by atoms with Crippen LogP contribution in [0.2, 0.25) is 0 Å². The molecule has 7 heteroatoms. The van der Waals surface area contributed by atoms with Gasteiger partial charge in [-0.2, -0.15) is 0 Å². The number of rotatable bonds is 7. The van der Waals surface area contributed by atoms with E-state index in [9.17, 15) is 14.7 Å². The number of ketones is 1. The van der Waals surface area contributed by atoms with Gasteiger partial charge >= 0.3 is 0 Å². The highest BCUT2D eigenvalue weighted by atomic mass is 16.5. The Bertz CT molecular complexity index is 1160. The fourth-order valence-electron chi connectivity index (χ4n) is 3.95. The van der Waals surface area contributed by atoms with Gasteiger partial charge in [0.15, 0.2) is 23.0 Å². The fourth-order valence-corrected chi connectivity index (χ4v) is 3.95. The molecule has 0 saturated carbocycles. The van der Waals surface area contributed by atoms with Crippen LogP contribution in [0, 0.1) is 0 Å². The molecule has 1 atom stereocenters. The Hall–Kier alpha value is -3.74. The predicted molar refractivity (Wildman–Crippen MR) is 114 cm³/mol. The summed E-state index contributed by atoms with van der Waals surface area (Å²) in [5, 5.41) is 11.5. The number of carbonyl (C=O) groups is 2. The minimum atomic E-state index is -0.770. The highest BCUT2D eigenvalue weighted by molar-refractivity contribution is 6.16. The maximum absolute atomic E-state index is 13.4. The van der Waals surface area contributed by atoms with Crippen molar-refractivity contribution in [3.8, 4) is 11.5 Å². The molecule has 160 valence electrons. The van der Waals surface area contributed by atoms with Gasteiger partial charge in [0, 0.05) is 11.9 Å². The molecule has 3 aromatic rings. The zero-order valence-corrected chi connectivity index (χ0v) is 17.5. The summed E-state index contributed by atoms with van der Waals surface area (Å²) < 4.78 is 16.4. The molecule has 0 aliphatic carbocycles. The highest BCUT2D eigenvalue weighted by Gasteiger charge is 2.44. The molecular weight excluding hydrogens is 398 g/mol. The molecule has 1 aromatic heterocycles. The van der Waals surface area contributed by atoms with Gasteiger partial charge in [-0.15, -0.1) is 0 Å². The SMILES string of the molecule is CCCN1C(=O)C(O)=C(C(=O)c2cc3ccccc3o2)C1c1ccc(OC)c(OC)c1. The lowest BCUT2D eigenvalue weighted by atomic mass is 9.94. The quantitative estimate of drug-likeness (QED) is 0.568. The van der Waals surface area contributed by atoms with E-state index in [4.69, 9.17) is 13.9 Å². The Morgan fingerprint density at radius 1 is 1.10 bits per heavy atom. The number of benzene rings is 2. The second kappa shape index (κ2) is 8.18. The first kappa shape index (κ1) is 20.5. The van der Waals surface area contributed by atoms with E-state index in [1.165, 1.54) is 19.1 Å². The third-order valence-corrected chi connectivity index (χ3v) is 5.39. The number of carbonyl (C=O) groups excluding carboxylic acids is 2. The van der Waals surface area contributed by atoms with Crippen molar-refractivity contribution in [2.24, 2.45) is 0 Å². The number of furan rings is 1. The van der Waals surface area contributed by atoms with Crippen molar-refractivity contribution >= 4 is 22.7 Å². The van der Waals surface area contributed by atoms with E-state index in [0.717, 1.165) is 5.39 Å². The number of hydrogen-bond acceptors (Lipinski definition) is 6. The lowest BCUT2D eigenvalue weighted by Crippen LogP contribution is -2.31. The van der Waals surface area contributed by atoms with Crippen LogP contribution in [0.25, 0.3) is 11.0 Å². The number of ether oxygens (including phenoxy) is 2. The third-order valence-electron chi connectivity index (χ3n) is 5.39. The van der Waals surface area contributed by atoms with Crippen LogP contribution in [-0.4, -0.2) is 42.5 Å². The van der Waals surface area contributed by atoms with E-state index in [-0.39, 0.29) is 11.3 Å². The molecule has 7 nitrogen and oxygen atoms in total. The Labute approximate surface area is 179 Å². The molecule has 0 bridgehead atoms. The Kier molecular flexibility index (Phi) is 5.42. The van der Waals surface area contributed by atoms with Crippen molar-refractivity contribution in [2.75, 3.05) is 20.8 Å². The smallest absolute Gasteiger partial charge is 0.290 e. The Balaban J connectivity index is 1.83. The van der Waals surface area contributed by atoms with Crippen LogP contribution >= 0.6 is 0 Å². The van der Waals surface area contributed by atoms with E-state index < -0.39 is 23.5 Å². The van der Waals surface area contributed by atoms with Crippen LogP contribution in [0.15, 0.2) is 64.3 Å². The first-order valence-electron chi connectivity index (χ1n) is 9.99. The number of nitrogens with zero attached hydrogens (tertiary/aromatic N) is 1. The van der Waals surface area contributed by atoms with Crippen molar-refractivity contribution in [1.29, 1.82) is 0 Å². The summed E-state index contributed by atoms with van der Waals surface area (Å²) >= 11 is 0. The molecule has 1 aliphatic rings. The number of hydrogen-bond donors (Lipinski definition) is 1. The number of methoxy groups -OCH3 is 2. The number of Topliss-reactive ketones (excluding diaryl/α,β-unsaturated/α-hetero) is 1. The van der Waals surface area contributed by atoms with Crippen LogP contribution in [0.3, 0.4) is 0 Å². The number of para-hydroxylation sites is 1. The molecule has 1 unspecified atom stereocenters. The van der Waals surface area contributed by atoms with Gasteiger partial charge in [-0.25, -0.2) is 0 Å². The van der Waals surface area contributed by atoms with Crippen LogP contribution in [0.4, 0.5) is 0 Å². The average Bonchev–Trinajstić information content (AvgIpc) is 3.33. The number of aliphatic hydroxyl groups excluding tert-OH is 1. The molecule has 1 aliphatic heterocycles. The first-order chi connectivity index (χ1) is 15.0. The molecule has 0 radical (unpaired) electrons. The zero-order valence-electron chi connectivity index (χ0n) is 17.5. The van der Waals surface area contributed by atoms with Gasteiger partial charge in [0.25, 0.3) is 5.91 Å². The molecule has 4 rings (SSSR count). The van der Waals surface area contributed by atoms with Crippen LogP contribution in [-0.2, 0) is 4.79 Å². The topological polar surface area (TPSA) is 89.2 Å². The van der Waals surface area contributed by atoms with E-state index in [2.05, 4.69) is 0 Å². The van der Waals surface area contributed by atoms with E-state index in [0.29, 0.717) is 35.6 Å². The summed E-state index contributed by atoms with van der Waals surface area (Å²) in [6.07, 6.45) is 0.662. The summed E-state index contributed by atoms with van der Waals surface area (Å²) in [6, 6.07) is 13.3. The lowest BCUT2D eigenvalue weighted by molar-refractivity contribution is -0.129. The fraction of sp³-hybridized carbons (Fsp3) is 0.250. The molecule has 2 aromatic carbocycles. The lowest BCUT2D eigenvalue weighted by Gasteiger charge is -2.26. The summed E-state index contributed by atoms with van der Waals surface area (Å²) in [4.78, 5) is 27.8. The van der Waals surface area contributed by atoms with Gasteiger partial charge in [0.1, 0.15) is 5.58 Å². The minimum Gasteiger partial charge on any atom is -0.503 e. The molecule has 0 fully saturated rings. The van der Waals surface area contributed by atoms with Gasteiger partial charge in [-0.1, -0.05) is 31.2 Å². The molecule has 1 N–H and O–H groups in total. The predicted octanol–water partition coefficient (Wildman–Crippen LogP) is 4.44. The summed E-state index contributed by atoms with van der Waals surface area (Å²) in [6.45, 7) is 2.30. The summed E-state index contributed by atoms with van der Waals surface area (Å²) in [5.41, 5.74) is 1.18. The zero-order chi connectivity index (χ0) is 22.1. The highest BCUT2D eigenvalue weighted by Crippen LogP contribution is 2.42. The number of fused-ring (bicyclic) bond motifs is 1. The first-order valence-corrected chi connectivity index (χ1v) is 9.99. The molecule has 0 spiro atoms. The Morgan fingerprint density at radius 2 is 1.84 bits per heavy atom. The average molecular weight is 421 g/mol. The standard InChI is InChI=1S/C24H23NO6/c1-4-11-25-21(15-9-10-17(29-2)18(13-15)30-3)20(23(27)24(25)28)22(26)19-12-14-7-5-6-8-16(14)31-19/h5-10,12-13,21,27H,4,11H2,1-3H3. The van der Waals surface area contributed by atoms with Gasteiger partial charge in [-0.05, 0) is 36.2 Å². The largest absolute Gasteiger partial charge is 0.503 e. The van der Waals surface area contributed by atoms with E-state index in [1.54, 1.807) is 30.3 Å². The van der Waals surface area contributed by atoms with Crippen LogP contribution in [0.1, 0.15) is 35.5 Å². The maximum atomic E-state index is 13.4. The molecular formula is C24H23NO6. The molecule has 31 heavy (non-hydrogen) atoms. The molecule has 2 heterocycles. The van der Waals surface area contributed by atoms with Crippen molar-refractivity contribution in [3.05, 3.63) is 71.2 Å². The molecule has 0 saturated heterocycles. The van der Waals surface area contributed by atoms with Gasteiger partial charge in [0.2, 0.25) is 5.78 Å². The third kappa shape index (κ3) is 3.42. The monoisotopic (exact) mass is 421 g/mol. The van der Waals surface area contributed by atoms with Gasteiger partial charge < -0.3 is 23.9 Å². The van der Waals surface area contributed by atoms with E-state index in [1.807, 2.05) is 25.1 Å². The maximum Gasteiger partial charge on any atom is 0.290 e. The van der Waals surface area contributed by atoms with Crippen molar-refractivity contribution in [3.63, 3.8) is 0 Å². The Morgan fingerprint density at radius 3 is 2.52 bits per heavy atom. The van der Waals surface area contributed by atoms with E-state index >= 15 is 0 Å². The summed E-state index contributed by atoms with van der Waals surface area (Å²) in [5.74, 6) is -0.610. The second-order valence-electron chi connectivity index (χ2n) is 7.26. The van der Waals surface area contributed by atoms with Crippen LogP contribution in [0.5, 0.6) is 11.5 Å². The van der Waals surface area contributed by atoms with Crippen molar-refractivity contribution in [2.45, 2.75) is 19.4 Å².